The Hall–Kier alpha value is -4.27. The number of anilines is 1. The van der Waals surface area contributed by atoms with E-state index in [1.165, 1.54) is 24.3 Å². The van der Waals surface area contributed by atoms with Gasteiger partial charge in [-0.1, -0.05) is 44.2 Å². The fraction of sp³-hybridized carbons (Fsp3) is 0.355. The molecule has 45 heavy (non-hydrogen) atoms. The van der Waals surface area contributed by atoms with Crippen molar-refractivity contribution in [3.63, 3.8) is 0 Å². The molecular weight excluding hydrogens is 612 g/mol. The predicted octanol–water partition coefficient (Wildman–Crippen LogP) is 3.45. The number of carbonyl (C=O) groups excluding carboxylic acids is 2. The minimum Gasteiger partial charge on any atom is -0.454 e. The molecule has 3 aromatic carbocycles. The van der Waals surface area contributed by atoms with E-state index in [9.17, 15) is 31.9 Å². The summed E-state index contributed by atoms with van der Waals surface area (Å²) in [6.45, 7) is 3.07. The molecule has 5 rings (SSSR count). The van der Waals surface area contributed by atoms with E-state index >= 15 is 0 Å². The highest BCUT2D eigenvalue weighted by Gasteiger charge is 2.39. The lowest BCUT2D eigenvalue weighted by Gasteiger charge is -2.31. The molecule has 240 valence electrons. The molecule has 0 spiro atoms. The van der Waals surface area contributed by atoms with E-state index in [4.69, 9.17) is 14.2 Å². The van der Waals surface area contributed by atoms with E-state index in [2.05, 4.69) is 5.32 Å². The Labute approximate surface area is 259 Å². The molecule has 0 aliphatic carbocycles. The second kappa shape index (κ2) is 13.4. The summed E-state index contributed by atoms with van der Waals surface area (Å²) in [6.07, 6.45) is -3.53. The molecule has 2 amide bonds. The van der Waals surface area contributed by atoms with E-state index in [-0.39, 0.29) is 49.3 Å². The molecule has 14 heteroatoms. The van der Waals surface area contributed by atoms with Crippen LogP contribution in [0.25, 0.3) is 0 Å². The van der Waals surface area contributed by atoms with Crippen LogP contribution in [0, 0.1) is 17.6 Å². The molecule has 2 aliphatic heterocycles. The van der Waals surface area contributed by atoms with Crippen molar-refractivity contribution in [2.24, 2.45) is 5.92 Å². The van der Waals surface area contributed by atoms with Crippen molar-refractivity contribution in [1.29, 1.82) is 0 Å². The smallest absolute Gasteiger partial charge is 0.415 e. The van der Waals surface area contributed by atoms with Gasteiger partial charge in [-0.3, -0.25) is 9.69 Å². The molecule has 2 heterocycles. The van der Waals surface area contributed by atoms with Gasteiger partial charge in [0, 0.05) is 25.2 Å². The minimum atomic E-state index is -4.12. The molecule has 1 fully saturated rings. The number of sulfonamides is 1. The van der Waals surface area contributed by atoms with Gasteiger partial charge in [0.05, 0.1) is 29.3 Å². The number of aliphatic hydroxyl groups is 1. The van der Waals surface area contributed by atoms with Gasteiger partial charge in [0.2, 0.25) is 16.8 Å². The molecule has 3 atom stereocenters. The lowest BCUT2D eigenvalue weighted by atomic mass is 10.0. The Morgan fingerprint density at radius 3 is 2.47 bits per heavy atom. The summed E-state index contributed by atoms with van der Waals surface area (Å²) >= 11 is 0. The van der Waals surface area contributed by atoms with Crippen molar-refractivity contribution in [2.45, 2.75) is 43.4 Å². The fourth-order valence-corrected chi connectivity index (χ4v) is 6.73. The second-order valence-corrected chi connectivity index (χ2v) is 13.1. The van der Waals surface area contributed by atoms with Gasteiger partial charge < -0.3 is 24.6 Å². The van der Waals surface area contributed by atoms with Gasteiger partial charge in [-0.05, 0) is 42.2 Å². The SMILES string of the molecule is CC(C)CN(C[C@@H](O)[C@H](Cc1ccccc1)NC(=O)[C@@H]1CN(c2ccc(F)c(F)c2)C(=O)O1)S(=O)(=O)c1ccc2c(c1)OCO2. The summed E-state index contributed by atoms with van der Waals surface area (Å²) < 4.78 is 71.8. The van der Waals surface area contributed by atoms with Crippen molar-refractivity contribution in [3.8, 4) is 11.5 Å². The molecule has 0 unspecified atom stereocenters. The van der Waals surface area contributed by atoms with E-state index in [0.29, 0.717) is 11.5 Å². The summed E-state index contributed by atoms with van der Waals surface area (Å²) in [5.74, 6) is -2.40. The Balaban J connectivity index is 1.35. The van der Waals surface area contributed by atoms with E-state index in [0.717, 1.165) is 26.9 Å². The number of nitrogens with zero attached hydrogens (tertiary/aromatic N) is 2. The number of hydrogen-bond acceptors (Lipinski definition) is 8. The van der Waals surface area contributed by atoms with Crippen molar-refractivity contribution in [2.75, 3.05) is 31.3 Å². The molecule has 2 N–H and O–H groups in total. The molecule has 0 aromatic heterocycles. The van der Waals surface area contributed by atoms with Gasteiger partial charge in [0.15, 0.2) is 29.2 Å². The maximum atomic E-state index is 13.8. The van der Waals surface area contributed by atoms with E-state index in [1.54, 1.807) is 30.3 Å². The Morgan fingerprint density at radius 1 is 1.02 bits per heavy atom. The summed E-state index contributed by atoms with van der Waals surface area (Å²) in [5.41, 5.74) is 0.760. The van der Waals surface area contributed by atoms with Crippen molar-refractivity contribution < 1.29 is 46.1 Å². The lowest BCUT2D eigenvalue weighted by Crippen LogP contribution is -2.53. The number of benzene rings is 3. The molecule has 0 saturated carbocycles. The number of rotatable bonds is 12. The normalized spacial score (nSPS) is 17.4. The minimum absolute atomic E-state index is 0.00752. The van der Waals surface area contributed by atoms with Crippen LogP contribution in [0.4, 0.5) is 19.3 Å². The van der Waals surface area contributed by atoms with Crippen LogP contribution in [0.15, 0.2) is 71.6 Å². The molecule has 0 bridgehead atoms. The van der Waals surface area contributed by atoms with Gasteiger partial charge in [-0.15, -0.1) is 0 Å². The van der Waals surface area contributed by atoms with E-state index in [1.807, 2.05) is 13.8 Å². The maximum Gasteiger partial charge on any atom is 0.415 e. The van der Waals surface area contributed by atoms with Crippen LogP contribution in [-0.4, -0.2) is 74.5 Å². The monoisotopic (exact) mass is 645 g/mol. The summed E-state index contributed by atoms with van der Waals surface area (Å²) in [5, 5.41) is 14.2. The Kier molecular flexibility index (Phi) is 9.56. The van der Waals surface area contributed by atoms with Gasteiger partial charge in [0.1, 0.15) is 0 Å². The highest BCUT2D eigenvalue weighted by Crippen LogP contribution is 2.35. The highest BCUT2D eigenvalue weighted by atomic mass is 32.2. The van der Waals surface area contributed by atoms with Crippen molar-refractivity contribution >= 4 is 27.7 Å². The summed E-state index contributed by atoms with van der Waals surface area (Å²) in [7, 11) is -4.12. The number of ether oxygens (including phenoxy) is 3. The third-order valence-electron chi connectivity index (χ3n) is 7.35. The zero-order chi connectivity index (χ0) is 32.3. The Morgan fingerprint density at radius 2 is 1.76 bits per heavy atom. The van der Waals surface area contributed by atoms with Gasteiger partial charge in [-0.2, -0.15) is 4.31 Å². The number of aliphatic hydroxyl groups excluding tert-OH is 1. The van der Waals surface area contributed by atoms with Gasteiger partial charge >= 0.3 is 6.09 Å². The number of amides is 2. The van der Waals surface area contributed by atoms with Crippen LogP contribution in [-0.2, 0) is 26.0 Å². The quantitative estimate of drug-likeness (QED) is 0.306. The zero-order valence-corrected chi connectivity index (χ0v) is 25.4. The first kappa shape index (κ1) is 32.1. The predicted molar refractivity (Wildman–Crippen MR) is 158 cm³/mol. The Bertz CT molecular complexity index is 1660. The molecule has 11 nitrogen and oxygen atoms in total. The van der Waals surface area contributed by atoms with Crippen molar-refractivity contribution in [1.82, 2.24) is 9.62 Å². The van der Waals surface area contributed by atoms with Gasteiger partial charge in [-0.25, -0.2) is 22.0 Å². The number of halogens is 2. The topological polar surface area (TPSA) is 135 Å². The van der Waals surface area contributed by atoms with Crippen LogP contribution in [0.5, 0.6) is 11.5 Å². The molecule has 0 radical (unpaired) electrons. The average molecular weight is 646 g/mol. The van der Waals surface area contributed by atoms with Gasteiger partial charge in [0.25, 0.3) is 5.91 Å². The number of cyclic esters (lactones) is 1. The first-order valence-electron chi connectivity index (χ1n) is 14.3. The third-order valence-corrected chi connectivity index (χ3v) is 9.18. The number of hydrogen-bond donors (Lipinski definition) is 2. The summed E-state index contributed by atoms with van der Waals surface area (Å²) in [6, 6.07) is 15.1. The molecule has 2 aliphatic rings. The lowest BCUT2D eigenvalue weighted by molar-refractivity contribution is -0.129. The fourth-order valence-electron chi connectivity index (χ4n) is 5.09. The van der Waals surface area contributed by atoms with Crippen LogP contribution in [0.1, 0.15) is 19.4 Å². The first-order valence-corrected chi connectivity index (χ1v) is 15.7. The second-order valence-electron chi connectivity index (χ2n) is 11.2. The maximum absolute atomic E-state index is 13.8. The first-order chi connectivity index (χ1) is 21.4. The number of fused-ring (bicyclic) bond motifs is 1. The number of nitrogens with one attached hydrogen (secondary N) is 1. The third kappa shape index (κ3) is 7.35. The highest BCUT2D eigenvalue weighted by molar-refractivity contribution is 7.89. The zero-order valence-electron chi connectivity index (χ0n) is 24.6. The van der Waals surface area contributed by atoms with Crippen LogP contribution in [0.2, 0.25) is 0 Å². The standard InChI is InChI=1S/C31H33F2N3O8S/c1-19(2)15-35(45(40,41)22-9-11-27-28(14-22)43-18-42-27)16-26(37)25(12-20-6-4-3-5-7-20)34-30(38)29-17-36(31(39)44-29)21-8-10-23(32)24(33)13-21/h3-11,13-14,19,25-26,29,37H,12,15-18H2,1-2H3,(H,34,38)/t25-,26+,29-/m0/s1. The largest absolute Gasteiger partial charge is 0.454 e. The summed E-state index contributed by atoms with van der Waals surface area (Å²) in [4.78, 5) is 26.8. The molecule has 1 saturated heterocycles. The van der Waals surface area contributed by atoms with Crippen LogP contribution < -0.4 is 19.7 Å². The van der Waals surface area contributed by atoms with Crippen LogP contribution in [0.3, 0.4) is 0 Å². The molecule has 3 aromatic rings. The van der Waals surface area contributed by atoms with Crippen LogP contribution >= 0.6 is 0 Å². The van der Waals surface area contributed by atoms with Crippen molar-refractivity contribution in [3.05, 3.63) is 83.9 Å². The average Bonchev–Trinajstić information content (AvgIpc) is 3.64. The van der Waals surface area contributed by atoms with E-state index < -0.39 is 51.9 Å². The number of carbonyl (C=O) groups is 2. The molecular formula is C31H33F2N3O8S.